The van der Waals surface area contributed by atoms with Crippen molar-refractivity contribution < 1.29 is 10.6 Å². The van der Waals surface area contributed by atoms with Crippen molar-refractivity contribution in [1.82, 2.24) is 0 Å². The van der Waals surface area contributed by atoms with Crippen molar-refractivity contribution in [3.63, 3.8) is 0 Å². The molecule has 4 N–H and O–H groups in total. The highest BCUT2D eigenvalue weighted by Crippen LogP contribution is 2.09. The number of nitrogens with one attached hydrogen (secondary N) is 1. The van der Waals surface area contributed by atoms with Gasteiger partial charge >= 0.3 is 0 Å². The van der Waals surface area contributed by atoms with E-state index < -0.39 is 0 Å². The van der Waals surface area contributed by atoms with Gasteiger partial charge in [-0.3, -0.25) is 0 Å². The third-order valence-electron chi connectivity index (χ3n) is 3.17. The van der Waals surface area contributed by atoms with E-state index in [-0.39, 0.29) is 0 Å². The van der Waals surface area contributed by atoms with E-state index in [1.165, 1.54) is 24.2 Å². The van der Waals surface area contributed by atoms with Gasteiger partial charge in [0, 0.05) is 5.56 Å². The lowest BCUT2D eigenvalue weighted by Gasteiger charge is -2.24. The molecule has 0 fully saturated rings. The summed E-state index contributed by atoms with van der Waals surface area (Å²) in [5, 5.41) is 0. The zero-order valence-corrected chi connectivity index (χ0v) is 10.2. The molecular formula is C13H24N2+2. The summed E-state index contributed by atoms with van der Waals surface area (Å²) in [6.45, 7) is 9.94. The molecule has 0 amide bonds. The van der Waals surface area contributed by atoms with Gasteiger partial charge in [0.05, 0.1) is 13.1 Å². The molecular weight excluding hydrogens is 184 g/mol. The normalized spacial score (nSPS) is 13.1. The van der Waals surface area contributed by atoms with Crippen LogP contribution in [-0.2, 0) is 0 Å². The average molecular weight is 208 g/mol. The lowest BCUT2D eigenvalue weighted by atomic mass is 10.0. The summed E-state index contributed by atoms with van der Waals surface area (Å²) in [5.74, 6) is 0. The zero-order chi connectivity index (χ0) is 11.3. The maximum Gasteiger partial charge on any atom is 0.162 e. The molecule has 0 bridgehead atoms. The van der Waals surface area contributed by atoms with Gasteiger partial charge in [0.15, 0.2) is 6.04 Å². The Bertz CT molecular complexity index is 275. The van der Waals surface area contributed by atoms with Gasteiger partial charge in [-0.15, -0.1) is 0 Å². The monoisotopic (exact) mass is 208 g/mol. The molecule has 0 spiro atoms. The minimum absolute atomic E-state index is 0.556. The summed E-state index contributed by atoms with van der Waals surface area (Å²) in [6, 6.07) is 9.44. The van der Waals surface area contributed by atoms with E-state index in [4.69, 9.17) is 0 Å². The number of hydrogen-bond acceptors (Lipinski definition) is 0. The van der Waals surface area contributed by atoms with Gasteiger partial charge in [-0.2, -0.15) is 0 Å². The first-order valence-corrected chi connectivity index (χ1v) is 5.93. The van der Waals surface area contributed by atoms with Crippen LogP contribution in [0, 0.1) is 6.92 Å². The minimum atomic E-state index is 0.556. The molecule has 2 heteroatoms. The van der Waals surface area contributed by atoms with Crippen molar-refractivity contribution >= 4 is 0 Å². The van der Waals surface area contributed by atoms with Gasteiger partial charge in [-0.25, -0.2) is 0 Å². The number of quaternary nitrogens is 2. The van der Waals surface area contributed by atoms with Gasteiger partial charge in [0.2, 0.25) is 0 Å². The maximum absolute atomic E-state index is 4.08. The van der Waals surface area contributed by atoms with Crippen molar-refractivity contribution in [2.45, 2.75) is 26.8 Å². The second kappa shape index (κ2) is 5.89. The first kappa shape index (κ1) is 12.2. The Morgan fingerprint density at radius 3 is 2.07 bits per heavy atom. The molecule has 1 aromatic rings. The fourth-order valence-electron chi connectivity index (χ4n) is 2.15. The molecule has 15 heavy (non-hydrogen) atoms. The van der Waals surface area contributed by atoms with E-state index in [1.807, 2.05) is 0 Å². The van der Waals surface area contributed by atoms with Crippen molar-refractivity contribution in [1.29, 1.82) is 0 Å². The second-order valence-electron chi connectivity index (χ2n) is 4.12. The lowest BCUT2D eigenvalue weighted by molar-refractivity contribution is -0.934. The topological polar surface area (TPSA) is 32.1 Å². The van der Waals surface area contributed by atoms with Gasteiger partial charge in [0.1, 0.15) is 6.54 Å². The Labute approximate surface area is 93.1 Å². The quantitative estimate of drug-likeness (QED) is 0.693. The van der Waals surface area contributed by atoms with Crippen molar-refractivity contribution in [2.24, 2.45) is 0 Å². The SMILES string of the molecule is CC[NH+](CC)[C@@H](C[NH3+])c1ccc(C)cc1. The summed E-state index contributed by atoms with van der Waals surface area (Å²) < 4.78 is 0. The number of aryl methyl sites for hydroxylation is 1. The first-order valence-electron chi connectivity index (χ1n) is 5.93. The van der Waals surface area contributed by atoms with Crippen LogP contribution in [-0.4, -0.2) is 19.6 Å². The van der Waals surface area contributed by atoms with Crippen LogP contribution in [0.5, 0.6) is 0 Å². The molecule has 1 rings (SSSR count). The Kier molecular flexibility index (Phi) is 4.79. The Hall–Kier alpha value is -0.860. The number of benzene rings is 1. The molecule has 0 heterocycles. The van der Waals surface area contributed by atoms with Crippen LogP contribution in [0.15, 0.2) is 24.3 Å². The molecule has 0 saturated carbocycles. The predicted molar refractivity (Wildman–Crippen MR) is 63.7 cm³/mol. The highest BCUT2D eigenvalue weighted by atomic mass is 15.2. The number of rotatable bonds is 5. The predicted octanol–water partition coefficient (Wildman–Crippen LogP) is 0.203. The van der Waals surface area contributed by atoms with E-state index >= 15 is 0 Å². The second-order valence-corrected chi connectivity index (χ2v) is 4.12. The number of hydrogen-bond donors (Lipinski definition) is 2. The summed E-state index contributed by atoms with van der Waals surface area (Å²) in [6.07, 6.45) is 0. The minimum Gasteiger partial charge on any atom is -0.352 e. The Morgan fingerprint density at radius 1 is 1.13 bits per heavy atom. The molecule has 0 radical (unpaired) electrons. The van der Waals surface area contributed by atoms with E-state index in [0.29, 0.717) is 6.04 Å². The van der Waals surface area contributed by atoms with Crippen LogP contribution < -0.4 is 10.6 Å². The van der Waals surface area contributed by atoms with Crippen LogP contribution in [0.4, 0.5) is 0 Å². The van der Waals surface area contributed by atoms with Crippen LogP contribution in [0.25, 0.3) is 0 Å². The Morgan fingerprint density at radius 2 is 1.67 bits per heavy atom. The highest BCUT2D eigenvalue weighted by Gasteiger charge is 2.21. The summed E-state index contributed by atoms with van der Waals surface area (Å²) in [4.78, 5) is 1.62. The van der Waals surface area contributed by atoms with E-state index in [0.717, 1.165) is 6.54 Å². The van der Waals surface area contributed by atoms with E-state index in [2.05, 4.69) is 50.8 Å². The molecule has 2 nitrogen and oxygen atoms in total. The fourth-order valence-corrected chi connectivity index (χ4v) is 2.15. The van der Waals surface area contributed by atoms with E-state index in [9.17, 15) is 0 Å². The van der Waals surface area contributed by atoms with Crippen LogP contribution >= 0.6 is 0 Å². The fraction of sp³-hybridized carbons (Fsp3) is 0.538. The van der Waals surface area contributed by atoms with Gasteiger partial charge < -0.3 is 10.6 Å². The molecule has 0 aromatic heterocycles. The molecule has 0 aliphatic heterocycles. The molecule has 1 atom stereocenters. The maximum atomic E-state index is 4.08. The Balaban J connectivity index is 2.86. The van der Waals surface area contributed by atoms with E-state index in [1.54, 1.807) is 4.90 Å². The summed E-state index contributed by atoms with van der Waals surface area (Å²) >= 11 is 0. The van der Waals surface area contributed by atoms with Crippen LogP contribution in [0.3, 0.4) is 0 Å². The smallest absolute Gasteiger partial charge is 0.162 e. The van der Waals surface area contributed by atoms with Crippen LogP contribution in [0.1, 0.15) is 31.0 Å². The molecule has 84 valence electrons. The van der Waals surface area contributed by atoms with Crippen molar-refractivity contribution in [2.75, 3.05) is 19.6 Å². The largest absolute Gasteiger partial charge is 0.352 e. The number of likely N-dealkylation sites (N-methyl/N-ethyl adjacent to an activating group) is 1. The highest BCUT2D eigenvalue weighted by molar-refractivity contribution is 5.22. The third-order valence-corrected chi connectivity index (χ3v) is 3.17. The average Bonchev–Trinajstić information content (AvgIpc) is 2.27. The lowest BCUT2D eigenvalue weighted by Crippen LogP contribution is -3.13. The van der Waals surface area contributed by atoms with Gasteiger partial charge in [0.25, 0.3) is 0 Å². The van der Waals surface area contributed by atoms with Crippen LogP contribution in [0.2, 0.25) is 0 Å². The standard InChI is InChI=1S/C13H22N2/c1-4-15(5-2)13(10-14)12-8-6-11(3)7-9-12/h6-9,13H,4-5,10,14H2,1-3H3/p+2/t13-/m0/s1. The molecule has 1 aromatic carbocycles. The first-order chi connectivity index (χ1) is 7.22. The molecule has 0 unspecified atom stereocenters. The third kappa shape index (κ3) is 3.05. The summed E-state index contributed by atoms with van der Waals surface area (Å²) in [7, 11) is 0. The van der Waals surface area contributed by atoms with Crippen molar-refractivity contribution in [3.05, 3.63) is 35.4 Å². The zero-order valence-electron chi connectivity index (χ0n) is 10.2. The van der Waals surface area contributed by atoms with Crippen molar-refractivity contribution in [3.8, 4) is 0 Å². The molecule has 0 aliphatic carbocycles. The van der Waals surface area contributed by atoms with Gasteiger partial charge in [-0.1, -0.05) is 29.8 Å². The molecule has 0 aliphatic rings. The molecule has 0 saturated heterocycles. The van der Waals surface area contributed by atoms with Gasteiger partial charge in [-0.05, 0) is 20.8 Å². The summed E-state index contributed by atoms with van der Waals surface area (Å²) in [5.41, 5.74) is 6.84.